The van der Waals surface area contributed by atoms with Crippen LogP contribution in [0.1, 0.15) is 67.3 Å². The molecule has 8 heteroatoms. The fourth-order valence-corrected chi connectivity index (χ4v) is 6.68. The fraction of sp³-hybridized carbons (Fsp3) is 0.615. The van der Waals surface area contributed by atoms with Crippen molar-refractivity contribution in [3.05, 3.63) is 29.3 Å². The number of carbonyl (C=O) groups is 3. The average Bonchev–Trinajstić information content (AvgIpc) is 3.09. The lowest BCUT2D eigenvalue weighted by Gasteiger charge is -2.64. The van der Waals surface area contributed by atoms with Crippen LogP contribution in [0.25, 0.3) is 0 Å². The zero-order valence-corrected chi connectivity index (χ0v) is 19.2. The highest BCUT2D eigenvalue weighted by Crippen LogP contribution is 2.68. The summed E-state index contributed by atoms with van der Waals surface area (Å²) in [6.07, 6.45) is 7.16. The number of piperidine rings is 1. The second-order valence-electron chi connectivity index (χ2n) is 10.7. The van der Waals surface area contributed by atoms with Gasteiger partial charge in [0.15, 0.2) is 0 Å². The lowest BCUT2D eigenvalue weighted by Crippen LogP contribution is -2.64. The van der Waals surface area contributed by atoms with Gasteiger partial charge in [-0.3, -0.25) is 19.7 Å². The Morgan fingerprint density at radius 1 is 1.18 bits per heavy atom. The molecular formula is C26H30N4O4. The largest absolute Gasteiger partial charge is 0.489 e. The number of benzene rings is 1. The monoisotopic (exact) mass is 462 g/mol. The van der Waals surface area contributed by atoms with Crippen molar-refractivity contribution >= 4 is 17.7 Å². The normalized spacial score (nSPS) is 36.1. The molecule has 1 saturated heterocycles. The van der Waals surface area contributed by atoms with Crippen molar-refractivity contribution in [2.75, 3.05) is 6.54 Å². The Labute approximate surface area is 199 Å². The molecule has 0 spiro atoms. The second kappa shape index (κ2) is 8.09. The molecular weight excluding hydrogens is 432 g/mol. The van der Waals surface area contributed by atoms with E-state index in [1.807, 2.05) is 12.1 Å². The van der Waals surface area contributed by atoms with E-state index in [1.165, 1.54) is 6.42 Å². The van der Waals surface area contributed by atoms with E-state index in [1.54, 1.807) is 11.0 Å². The topological polar surface area (TPSA) is 112 Å². The van der Waals surface area contributed by atoms with Gasteiger partial charge in [-0.25, -0.2) is 0 Å². The van der Waals surface area contributed by atoms with Gasteiger partial charge in [0, 0.05) is 31.1 Å². The fourth-order valence-electron chi connectivity index (χ4n) is 6.68. The Morgan fingerprint density at radius 2 is 2.00 bits per heavy atom. The smallest absolute Gasteiger partial charge is 0.255 e. The first-order valence-corrected chi connectivity index (χ1v) is 12.6. The first-order valence-electron chi connectivity index (χ1n) is 12.6. The zero-order valence-electron chi connectivity index (χ0n) is 19.2. The first kappa shape index (κ1) is 21.6. The van der Waals surface area contributed by atoms with E-state index in [2.05, 4.69) is 16.7 Å². The lowest BCUT2D eigenvalue weighted by molar-refractivity contribution is -0.144. The number of hydrogen-bond donors (Lipinski definition) is 2. The van der Waals surface area contributed by atoms with E-state index in [0.29, 0.717) is 24.4 Å². The van der Waals surface area contributed by atoms with E-state index in [-0.39, 0.29) is 35.8 Å². The summed E-state index contributed by atoms with van der Waals surface area (Å²) < 4.78 is 6.44. The third kappa shape index (κ3) is 3.40. The van der Waals surface area contributed by atoms with Crippen LogP contribution in [0, 0.1) is 28.6 Å². The van der Waals surface area contributed by atoms with Crippen LogP contribution in [0.2, 0.25) is 0 Å². The third-order valence-electron chi connectivity index (χ3n) is 8.84. The highest BCUT2D eigenvalue weighted by Gasteiger charge is 2.65. The van der Waals surface area contributed by atoms with Gasteiger partial charge >= 0.3 is 0 Å². The summed E-state index contributed by atoms with van der Waals surface area (Å²) in [4.78, 5) is 38.2. The molecule has 34 heavy (non-hydrogen) atoms. The van der Waals surface area contributed by atoms with E-state index in [0.717, 1.165) is 55.9 Å². The molecule has 178 valence electrons. The third-order valence-corrected chi connectivity index (χ3v) is 8.84. The van der Waals surface area contributed by atoms with Crippen molar-refractivity contribution < 1.29 is 19.1 Å². The Hall–Kier alpha value is -2.92. The molecule has 0 aromatic heterocycles. The number of hydrogen-bond acceptors (Lipinski definition) is 6. The molecule has 0 radical (unpaired) electrons. The van der Waals surface area contributed by atoms with Crippen LogP contribution in [0.5, 0.6) is 5.75 Å². The standard InChI is InChI=1S/C26H30N4O4/c27-14-26-10-16(11-26)19(26)12-28-20-3-1-2-4-22(20)34-17-5-6-18-15(9-17)13-30(25(18)33)21-7-8-23(31)29-24(21)32/h5-6,9,16,19-22,28H,1-4,7-8,10-13H2,(H,29,31,32)/t16?,19?,20-,21-,22-,26?/m0/s1. The zero-order chi connectivity index (χ0) is 23.4. The number of ether oxygens (including phenoxy) is 1. The number of nitriles is 1. The molecule has 8 nitrogen and oxygen atoms in total. The summed E-state index contributed by atoms with van der Waals surface area (Å²) in [7, 11) is 0. The summed E-state index contributed by atoms with van der Waals surface area (Å²) in [5.74, 6) is 1.11. The van der Waals surface area contributed by atoms with Crippen molar-refractivity contribution in [1.82, 2.24) is 15.5 Å². The van der Waals surface area contributed by atoms with Crippen molar-refractivity contribution in [3.63, 3.8) is 0 Å². The summed E-state index contributed by atoms with van der Waals surface area (Å²) >= 11 is 0. The molecule has 1 aromatic carbocycles. The second-order valence-corrected chi connectivity index (χ2v) is 10.7. The van der Waals surface area contributed by atoms with Gasteiger partial charge < -0.3 is 15.0 Å². The maximum Gasteiger partial charge on any atom is 0.255 e. The highest BCUT2D eigenvalue weighted by molar-refractivity contribution is 6.05. The molecule has 3 amide bonds. The Morgan fingerprint density at radius 3 is 2.74 bits per heavy atom. The van der Waals surface area contributed by atoms with Gasteiger partial charge in [-0.15, -0.1) is 0 Å². The molecule has 4 atom stereocenters. The van der Waals surface area contributed by atoms with Gasteiger partial charge in [0.05, 0.1) is 11.5 Å². The minimum Gasteiger partial charge on any atom is -0.489 e. The number of carbonyl (C=O) groups excluding carboxylic acids is 3. The predicted molar refractivity (Wildman–Crippen MR) is 121 cm³/mol. The molecule has 2 aliphatic heterocycles. The van der Waals surface area contributed by atoms with Crippen LogP contribution in [0.4, 0.5) is 0 Å². The minimum absolute atomic E-state index is 0.0598. The Bertz CT molecular complexity index is 1090. The van der Waals surface area contributed by atoms with Crippen LogP contribution < -0.4 is 15.4 Å². The molecule has 2 N–H and O–H groups in total. The maximum absolute atomic E-state index is 12.9. The van der Waals surface area contributed by atoms with Crippen molar-refractivity contribution in [2.45, 2.75) is 76.1 Å². The molecule has 6 aliphatic rings. The van der Waals surface area contributed by atoms with E-state index < -0.39 is 11.9 Å². The molecule has 1 unspecified atom stereocenters. The number of nitrogens with one attached hydrogen (secondary N) is 2. The quantitative estimate of drug-likeness (QED) is 0.628. The SMILES string of the molecule is N#CC12CC(C1)C2CN[C@H]1CCCC[C@@H]1Oc1ccc2c(c1)CN([C@H]1CCC(=O)NC1=O)C2=O. The summed E-state index contributed by atoms with van der Waals surface area (Å²) in [6, 6.07) is 7.77. The van der Waals surface area contributed by atoms with Crippen LogP contribution in [0.3, 0.4) is 0 Å². The number of rotatable bonds is 6. The van der Waals surface area contributed by atoms with Crippen molar-refractivity contribution in [3.8, 4) is 11.8 Å². The molecule has 2 bridgehead atoms. The summed E-state index contributed by atoms with van der Waals surface area (Å²) in [5, 5.41) is 15.6. The summed E-state index contributed by atoms with van der Waals surface area (Å²) in [6.45, 7) is 1.24. The summed E-state index contributed by atoms with van der Waals surface area (Å²) in [5.41, 5.74) is 1.39. The van der Waals surface area contributed by atoms with Gasteiger partial charge in [0.1, 0.15) is 17.9 Å². The van der Waals surface area contributed by atoms with Crippen LogP contribution >= 0.6 is 0 Å². The van der Waals surface area contributed by atoms with E-state index in [9.17, 15) is 19.6 Å². The minimum atomic E-state index is -0.608. The molecule has 4 saturated carbocycles. The number of amides is 3. The van der Waals surface area contributed by atoms with E-state index in [4.69, 9.17) is 4.74 Å². The number of nitrogens with zero attached hydrogens (tertiary/aromatic N) is 2. The van der Waals surface area contributed by atoms with Crippen LogP contribution in [0.15, 0.2) is 18.2 Å². The Balaban J connectivity index is 1.11. The maximum atomic E-state index is 12.9. The van der Waals surface area contributed by atoms with Gasteiger partial charge in [-0.1, -0.05) is 6.42 Å². The predicted octanol–water partition coefficient (Wildman–Crippen LogP) is 2.28. The van der Waals surface area contributed by atoms with Gasteiger partial charge in [0.25, 0.3) is 5.91 Å². The van der Waals surface area contributed by atoms with Crippen molar-refractivity contribution in [2.24, 2.45) is 17.3 Å². The van der Waals surface area contributed by atoms with E-state index >= 15 is 0 Å². The molecule has 1 aromatic rings. The van der Waals surface area contributed by atoms with Gasteiger partial charge in [-0.2, -0.15) is 5.26 Å². The Kier molecular flexibility index (Phi) is 5.14. The average molecular weight is 463 g/mol. The van der Waals surface area contributed by atoms with Crippen LogP contribution in [-0.2, 0) is 16.1 Å². The lowest BCUT2D eigenvalue weighted by atomic mass is 9.38. The molecule has 2 heterocycles. The molecule has 5 fully saturated rings. The van der Waals surface area contributed by atoms with Gasteiger partial charge in [-0.05, 0) is 74.1 Å². The van der Waals surface area contributed by atoms with Crippen molar-refractivity contribution in [1.29, 1.82) is 5.26 Å². The van der Waals surface area contributed by atoms with Crippen LogP contribution in [-0.4, -0.2) is 47.4 Å². The molecule has 7 rings (SSSR count). The number of imide groups is 1. The highest BCUT2D eigenvalue weighted by atomic mass is 16.5. The number of fused-ring (bicyclic) bond motifs is 1. The molecule has 4 aliphatic carbocycles. The van der Waals surface area contributed by atoms with Gasteiger partial charge in [0.2, 0.25) is 11.8 Å². The first-order chi connectivity index (χ1) is 16.5.